The molecule has 7 heteroatoms. The first kappa shape index (κ1) is 12.3. The molecule has 1 spiro atoms. The van der Waals surface area contributed by atoms with Gasteiger partial charge in [-0.05, 0) is 12.1 Å². The Morgan fingerprint density at radius 3 is 2.94 bits per heavy atom. The van der Waals surface area contributed by atoms with Crippen molar-refractivity contribution in [2.75, 3.05) is 19.8 Å². The Hall–Kier alpha value is -0.690. The second-order valence-electron chi connectivity index (χ2n) is 4.42. The molecule has 2 aliphatic heterocycles. The van der Waals surface area contributed by atoms with Gasteiger partial charge in [0.15, 0.2) is 0 Å². The van der Waals surface area contributed by atoms with Gasteiger partial charge in [-0.3, -0.25) is 0 Å². The van der Waals surface area contributed by atoms with Gasteiger partial charge in [0.25, 0.3) is 0 Å². The summed E-state index contributed by atoms with van der Waals surface area (Å²) in [6.45, 7) is 1.81. The molecule has 1 unspecified atom stereocenters. The normalized spacial score (nSPS) is 26.2. The Balaban J connectivity index is 1.99. The summed E-state index contributed by atoms with van der Waals surface area (Å²) < 4.78 is 26.4. The van der Waals surface area contributed by atoms with Gasteiger partial charge in [-0.1, -0.05) is 11.6 Å². The van der Waals surface area contributed by atoms with Gasteiger partial charge in [-0.2, -0.15) is 0 Å². The van der Waals surface area contributed by atoms with Crippen LogP contribution in [0.15, 0.2) is 17.0 Å². The van der Waals surface area contributed by atoms with Crippen molar-refractivity contribution in [1.29, 1.82) is 0 Å². The molecule has 1 fully saturated rings. The van der Waals surface area contributed by atoms with Crippen LogP contribution in [0.2, 0.25) is 5.15 Å². The Morgan fingerprint density at radius 2 is 2.17 bits per heavy atom. The van der Waals surface area contributed by atoms with E-state index in [0.29, 0.717) is 35.7 Å². The van der Waals surface area contributed by atoms with Crippen LogP contribution >= 0.6 is 11.6 Å². The predicted molar refractivity (Wildman–Crippen MR) is 67.1 cm³/mol. The highest BCUT2D eigenvalue weighted by Crippen LogP contribution is 2.33. The Bertz CT molecular complexity index is 491. The summed E-state index contributed by atoms with van der Waals surface area (Å²) >= 11 is 5.87. The second kappa shape index (κ2) is 4.77. The molecule has 18 heavy (non-hydrogen) atoms. The van der Waals surface area contributed by atoms with Crippen LogP contribution in [-0.2, 0) is 15.7 Å². The molecule has 98 valence electrons. The largest absolute Gasteiger partial charge is 0.469 e. The number of rotatable bonds is 0. The zero-order valence-corrected chi connectivity index (χ0v) is 11.2. The molecule has 0 radical (unpaired) electrons. The van der Waals surface area contributed by atoms with Crippen LogP contribution in [0.1, 0.15) is 12.8 Å². The van der Waals surface area contributed by atoms with E-state index in [1.807, 2.05) is 0 Å². The van der Waals surface area contributed by atoms with E-state index in [9.17, 15) is 4.21 Å². The van der Waals surface area contributed by atoms with E-state index < -0.39 is 16.6 Å². The fraction of sp³-hybridized carbons (Fsp3) is 0.545. The third-order valence-electron chi connectivity index (χ3n) is 3.23. The molecular weight excluding hydrogens is 276 g/mol. The van der Waals surface area contributed by atoms with E-state index in [0.717, 1.165) is 12.8 Å². The Kier molecular flexibility index (Phi) is 3.27. The number of nitrogens with one attached hydrogen (secondary N) is 1. The number of hydrogen-bond acceptors (Lipinski definition) is 4. The van der Waals surface area contributed by atoms with Crippen LogP contribution < -0.4 is 9.46 Å². The van der Waals surface area contributed by atoms with E-state index in [1.165, 1.54) is 0 Å². The van der Waals surface area contributed by atoms with Gasteiger partial charge in [0.2, 0.25) is 5.88 Å². The minimum atomic E-state index is -1.31. The third kappa shape index (κ3) is 2.25. The summed E-state index contributed by atoms with van der Waals surface area (Å²) in [7, 11) is -1.31. The molecule has 1 saturated heterocycles. The fourth-order valence-corrected chi connectivity index (χ4v) is 3.28. The van der Waals surface area contributed by atoms with Crippen molar-refractivity contribution in [3.05, 3.63) is 17.3 Å². The van der Waals surface area contributed by atoms with E-state index >= 15 is 0 Å². The van der Waals surface area contributed by atoms with Crippen LogP contribution in [0, 0.1) is 0 Å². The lowest BCUT2D eigenvalue weighted by atomic mass is 9.94. The molecule has 1 N–H and O–H groups in total. The molecule has 1 atom stereocenters. The topological polar surface area (TPSA) is 60.5 Å². The minimum Gasteiger partial charge on any atom is -0.469 e. The summed E-state index contributed by atoms with van der Waals surface area (Å²) in [4.78, 5) is 4.69. The van der Waals surface area contributed by atoms with Crippen LogP contribution in [-0.4, -0.2) is 34.6 Å². The highest BCUT2D eigenvalue weighted by Gasteiger charge is 2.39. The predicted octanol–water partition coefficient (Wildman–Crippen LogP) is 1.29. The standard InChI is InChI=1S/C11H13ClN2O3S/c12-9-2-1-8-10(14-9)17-11(7-13-18(8)15)3-5-16-6-4-11/h1-2,13H,3-7H2. The van der Waals surface area contributed by atoms with Gasteiger partial charge in [-0.25, -0.2) is 13.9 Å². The van der Waals surface area contributed by atoms with Gasteiger partial charge in [0.05, 0.1) is 13.2 Å². The summed E-state index contributed by atoms with van der Waals surface area (Å²) in [6, 6.07) is 3.30. The average Bonchev–Trinajstić information content (AvgIpc) is 2.49. The van der Waals surface area contributed by atoms with Crippen molar-refractivity contribution in [2.45, 2.75) is 23.3 Å². The monoisotopic (exact) mass is 288 g/mol. The number of aromatic nitrogens is 1. The molecular formula is C11H13ClN2O3S. The van der Waals surface area contributed by atoms with E-state index in [1.54, 1.807) is 12.1 Å². The molecule has 0 aliphatic carbocycles. The van der Waals surface area contributed by atoms with Gasteiger partial charge in [0, 0.05) is 19.4 Å². The average molecular weight is 289 g/mol. The molecule has 3 rings (SSSR count). The first-order chi connectivity index (χ1) is 8.69. The van der Waals surface area contributed by atoms with Crippen LogP contribution in [0.3, 0.4) is 0 Å². The van der Waals surface area contributed by atoms with Crippen LogP contribution in [0.4, 0.5) is 0 Å². The quantitative estimate of drug-likeness (QED) is 0.731. The molecule has 0 amide bonds. The molecule has 3 heterocycles. The zero-order valence-electron chi connectivity index (χ0n) is 9.65. The van der Waals surface area contributed by atoms with Crippen molar-refractivity contribution in [3.8, 4) is 5.88 Å². The van der Waals surface area contributed by atoms with Crippen molar-refractivity contribution < 1.29 is 13.7 Å². The molecule has 0 aromatic carbocycles. The Morgan fingerprint density at radius 1 is 1.39 bits per heavy atom. The van der Waals surface area contributed by atoms with E-state index in [4.69, 9.17) is 21.1 Å². The van der Waals surface area contributed by atoms with Crippen molar-refractivity contribution >= 4 is 22.6 Å². The van der Waals surface area contributed by atoms with Crippen LogP contribution in [0.5, 0.6) is 5.88 Å². The van der Waals surface area contributed by atoms with E-state index in [-0.39, 0.29) is 0 Å². The smallest absolute Gasteiger partial charge is 0.233 e. The maximum absolute atomic E-state index is 12.0. The van der Waals surface area contributed by atoms with Crippen molar-refractivity contribution in [2.24, 2.45) is 0 Å². The summed E-state index contributed by atoms with van der Waals surface area (Å²) in [6.07, 6.45) is 1.51. The number of halogens is 1. The molecule has 2 aliphatic rings. The maximum atomic E-state index is 12.0. The maximum Gasteiger partial charge on any atom is 0.233 e. The number of hydrogen-bond donors (Lipinski definition) is 1. The lowest BCUT2D eigenvalue weighted by Gasteiger charge is -2.35. The molecule has 5 nitrogen and oxygen atoms in total. The SMILES string of the molecule is O=S1NCC2(CCOCC2)Oc2nc(Cl)ccc21. The second-order valence-corrected chi connectivity index (χ2v) is 6.08. The van der Waals surface area contributed by atoms with Crippen LogP contribution in [0.25, 0.3) is 0 Å². The molecule has 1 aromatic rings. The zero-order chi connectivity index (χ0) is 12.6. The first-order valence-electron chi connectivity index (χ1n) is 5.77. The summed E-state index contributed by atoms with van der Waals surface area (Å²) in [5.41, 5.74) is -0.392. The number of nitrogens with zero attached hydrogens (tertiary/aromatic N) is 1. The third-order valence-corrected chi connectivity index (χ3v) is 4.56. The lowest BCUT2D eigenvalue weighted by molar-refractivity contribution is -0.0442. The first-order valence-corrected chi connectivity index (χ1v) is 7.30. The van der Waals surface area contributed by atoms with Crippen molar-refractivity contribution in [1.82, 2.24) is 9.71 Å². The fourth-order valence-electron chi connectivity index (χ4n) is 2.16. The van der Waals surface area contributed by atoms with Crippen molar-refractivity contribution in [3.63, 3.8) is 0 Å². The summed E-state index contributed by atoms with van der Waals surface area (Å²) in [5, 5.41) is 0.342. The minimum absolute atomic E-state index is 0.342. The number of ether oxygens (including phenoxy) is 2. The molecule has 0 saturated carbocycles. The Labute approximate surface area is 112 Å². The highest BCUT2D eigenvalue weighted by atomic mass is 35.5. The summed E-state index contributed by atoms with van der Waals surface area (Å²) in [5.74, 6) is 0.368. The lowest BCUT2D eigenvalue weighted by Crippen LogP contribution is -2.48. The van der Waals surface area contributed by atoms with Gasteiger partial charge >= 0.3 is 0 Å². The van der Waals surface area contributed by atoms with Gasteiger partial charge in [-0.15, -0.1) is 0 Å². The molecule has 0 bridgehead atoms. The van der Waals surface area contributed by atoms with Gasteiger partial charge < -0.3 is 9.47 Å². The molecule has 1 aromatic heterocycles. The van der Waals surface area contributed by atoms with Gasteiger partial charge in [0.1, 0.15) is 26.6 Å². The van der Waals surface area contributed by atoms with E-state index in [2.05, 4.69) is 9.71 Å². The number of fused-ring (bicyclic) bond motifs is 1. The highest BCUT2D eigenvalue weighted by molar-refractivity contribution is 7.83. The number of pyridine rings is 1.